The van der Waals surface area contributed by atoms with Gasteiger partial charge in [0.05, 0.1) is 7.11 Å². The molecule has 1 atom stereocenters. The summed E-state index contributed by atoms with van der Waals surface area (Å²) in [5.74, 6) is 0.940. The molecule has 0 unspecified atom stereocenters. The van der Waals surface area contributed by atoms with Gasteiger partial charge in [0.25, 0.3) is 0 Å². The van der Waals surface area contributed by atoms with Crippen molar-refractivity contribution in [1.82, 2.24) is 10.3 Å². The number of nitrogens with one attached hydrogen (secondary N) is 2. The minimum Gasteiger partial charge on any atom is -0.497 e. The molecule has 0 saturated heterocycles. The molecule has 1 amide bonds. The van der Waals surface area contributed by atoms with Gasteiger partial charge < -0.3 is 15.0 Å². The molecule has 0 aliphatic carbocycles. The molecule has 3 rings (SSSR count). The lowest BCUT2D eigenvalue weighted by Gasteiger charge is -2.19. The molecule has 0 spiro atoms. The maximum absolute atomic E-state index is 12.1. The first-order valence-corrected chi connectivity index (χ1v) is 8.58. The molecule has 130 valence electrons. The molecule has 1 heterocycles. The SMILES string of the molecule is COc1ccc([C@H](CNC(=O)C(C)C)c2c[nH]c3ccccc23)cc1. The first kappa shape index (κ1) is 17.1. The molecule has 0 aliphatic rings. The number of rotatable bonds is 6. The van der Waals surface area contributed by atoms with Crippen LogP contribution in [0.1, 0.15) is 30.9 Å². The van der Waals surface area contributed by atoms with Crippen molar-refractivity contribution in [3.63, 3.8) is 0 Å². The Hall–Kier alpha value is -2.75. The number of ether oxygens (including phenoxy) is 1. The van der Waals surface area contributed by atoms with E-state index in [9.17, 15) is 4.79 Å². The van der Waals surface area contributed by atoms with Crippen LogP contribution in [0.3, 0.4) is 0 Å². The molecule has 4 nitrogen and oxygen atoms in total. The first-order valence-electron chi connectivity index (χ1n) is 8.58. The van der Waals surface area contributed by atoms with E-state index in [1.807, 2.05) is 44.3 Å². The Morgan fingerprint density at radius 1 is 1.12 bits per heavy atom. The summed E-state index contributed by atoms with van der Waals surface area (Å²) >= 11 is 0. The lowest BCUT2D eigenvalue weighted by Crippen LogP contribution is -2.32. The average Bonchev–Trinajstić information content (AvgIpc) is 3.06. The molecule has 0 fully saturated rings. The second-order valence-corrected chi connectivity index (χ2v) is 6.52. The summed E-state index contributed by atoms with van der Waals surface area (Å²) in [4.78, 5) is 15.4. The van der Waals surface area contributed by atoms with E-state index < -0.39 is 0 Å². The van der Waals surface area contributed by atoms with E-state index in [0.29, 0.717) is 6.54 Å². The minimum atomic E-state index is -0.0283. The van der Waals surface area contributed by atoms with Crippen molar-refractivity contribution in [2.75, 3.05) is 13.7 Å². The maximum Gasteiger partial charge on any atom is 0.222 e. The van der Waals surface area contributed by atoms with E-state index in [1.54, 1.807) is 7.11 Å². The fourth-order valence-corrected chi connectivity index (χ4v) is 3.03. The monoisotopic (exact) mass is 336 g/mol. The van der Waals surface area contributed by atoms with Crippen LogP contribution < -0.4 is 10.1 Å². The summed E-state index contributed by atoms with van der Waals surface area (Å²) in [6.45, 7) is 4.37. The summed E-state index contributed by atoms with van der Waals surface area (Å²) in [7, 11) is 1.66. The third kappa shape index (κ3) is 3.68. The number of hydrogen-bond acceptors (Lipinski definition) is 2. The van der Waals surface area contributed by atoms with Gasteiger partial charge in [-0.15, -0.1) is 0 Å². The number of hydrogen-bond donors (Lipinski definition) is 2. The third-order valence-corrected chi connectivity index (χ3v) is 4.52. The number of aromatic amines is 1. The van der Waals surface area contributed by atoms with E-state index in [1.165, 1.54) is 10.9 Å². The Morgan fingerprint density at radius 3 is 2.52 bits per heavy atom. The van der Waals surface area contributed by atoms with Gasteiger partial charge in [0.1, 0.15) is 5.75 Å². The number of carbonyl (C=O) groups is 1. The highest BCUT2D eigenvalue weighted by Crippen LogP contribution is 2.31. The van der Waals surface area contributed by atoms with Gasteiger partial charge in [0.15, 0.2) is 0 Å². The molecular weight excluding hydrogens is 312 g/mol. The van der Waals surface area contributed by atoms with Crippen LogP contribution in [-0.4, -0.2) is 24.5 Å². The number of fused-ring (bicyclic) bond motifs is 1. The number of H-pyrrole nitrogens is 1. The van der Waals surface area contributed by atoms with Gasteiger partial charge in [0.2, 0.25) is 5.91 Å². The molecule has 2 N–H and O–H groups in total. The second-order valence-electron chi connectivity index (χ2n) is 6.52. The van der Waals surface area contributed by atoms with Crippen molar-refractivity contribution in [2.45, 2.75) is 19.8 Å². The zero-order valence-corrected chi connectivity index (χ0v) is 14.9. The van der Waals surface area contributed by atoms with Gasteiger partial charge in [-0.1, -0.05) is 44.2 Å². The zero-order valence-electron chi connectivity index (χ0n) is 14.9. The van der Waals surface area contributed by atoms with Crippen molar-refractivity contribution < 1.29 is 9.53 Å². The zero-order chi connectivity index (χ0) is 17.8. The van der Waals surface area contributed by atoms with Crippen LogP contribution in [0, 0.1) is 5.92 Å². The summed E-state index contributed by atoms with van der Waals surface area (Å²) in [5, 5.41) is 4.26. The van der Waals surface area contributed by atoms with Crippen LogP contribution >= 0.6 is 0 Å². The summed E-state index contributed by atoms with van der Waals surface area (Å²) < 4.78 is 5.26. The molecule has 3 aromatic rings. The van der Waals surface area contributed by atoms with Crippen molar-refractivity contribution in [1.29, 1.82) is 0 Å². The van der Waals surface area contributed by atoms with E-state index in [0.717, 1.165) is 16.8 Å². The molecule has 4 heteroatoms. The van der Waals surface area contributed by atoms with Crippen molar-refractivity contribution in [3.8, 4) is 5.75 Å². The number of aromatic nitrogens is 1. The van der Waals surface area contributed by atoms with E-state index in [-0.39, 0.29) is 17.7 Å². The molecule has 25 heavy (non-hydrogen) atoms. The quantitative estimate of drug-likeness (QED) is 0.712. The number of para-hydroxylation sites is 1. The topological polar surface area (TPSA) is 54.1 Å². The Morgan fingerprint density at radius 2 is 1.84 bits per heavy atom. The number of amides is 1. The fraction of sp³-hybridized carbons (Fsp3) is 0.286. The molecule has 2 aromatic carbocycles. The fourth-order valence-electron chi connectivity index (χ4n) is 3.03. The predicted molar refractivity (Wildman–Crippen MR) is 101 cm³/mol. The molecule has 0 bridgehead atoms. The summed E-state index contributed by atoms with van der Waals surface area (Å²) in [6.07, 6.45) is 2.04. The van der Waals surface area contributed by atoms with Crippen molar-refractivity contribution in [3.05, 3.63) is 65.9 Å². The third-order valence-electron chi connectivity index (χ3n) is 4.52. The van der Waals surface area contributed by atoms with Gasteiger partial charge >= 0.3 is 0 Å². The molecular formula is C21H24N2O2. The maximum atomic E-state index is 12.1. The van der Waals surface area contributed by atoms with Crippen LogP contribution in [0.15, 0.2) is 54.7 Å². The highest BCUT2D eigenvalue weighted by molar-refractivity contribution is 5.84. The second kappa shape index (κ2) is 7.43. The highest BCUT2D eigenvalue weighted by atomic mass is 16.5. The van der Waals surface area contributed by atoms with Gasteiger partial charge in [0, 0.05) is 35.5 Å². The first-order chi connectivity index (χ1) is 12.1. The van der Waals surface area contributed by atoms with Gasteiger partial charge in [-0.05, 0) is 29.3 Å². The van der Waals surface area contributed by atoms with Crippen LogP contribution in [0.5, 0.6) is 5.75 Å². The molecule has 0 saturated carbocycles. The molecule has 0 radical (unpaired) electrons. The standard InChI is InChI=1S/C21H24N2O2/c1-14(2)21(24)23-12-18(15-8-10-16(25-3)11-9-15)19-13-22-20-7-5-4-6-17(19)20/h4-11,13-14,18,22H,12H2,1-3H3,(H,23,24)/t18-/m0/s1. The normalized spacial score (nSPS) is 12.3. The van der Waals surface area contributed by atoms with Gasteiger partial charge in [-0.3, -0.25) is 4.79 Å². The lowest BCUT2D eigenvalue weighted by molar-refractivity contribution is -0.124. The van der Waals surface area contributed by atoms with Crippen LogP contribution in [0.4, 0.5) is 0 Å². The van der Waals surface area contributed by atoms with Gasteiger partial charge in [-0.2, -0.15) is 0 Å². The van der Waals surface area contributed by atoms with Crippen molar-refractivity contribution >= 4 is 16.8 Å². The Kier molecular flexibility index (Phi) is 5.08. The Labute approximate surface area is 148 Å². The van der Waals surface area contributed by atoms with E-state index >= 15 is 0 Å². The van der Waals surface area contributed by atoms with Crippen LogP contribution in [0.2, 0.25) is 0 Å². The predicted octanol–water partition coefficient (Wildman–Crippen LogP) is 4.08. The smallest absolute Gasteiger partial charge is 0.222 e. The summed E-state index contributed by atoms with van der Waals surface area (Å²) in [5.41, 5.74) is 3.44. The average molecular weight is 336 g/mol. The number of methoxy groups -OCH3 is 1. The lowest BCUT2D eigenvalue weighted by atomic mass is 9.90. The van der Waals surface area contributed by atoms with Crippen LogP contribution in [0.25, 0.3) is 10.9 Å². The van der Waals surface area contributed by atoms with E-state index in [2.05, 4.69) is 34.6 Å². The molecule has 0 aliphatic heterocycles. The molecule has 1 aromatic heterocycles. The number of benzene rings is 2. The Balaban J connectivity index is 1.97. The van der Waals surface area contributed by atoms with Gasteiger partial charge in [-0.25, -0.2) is 0 Å². The number of carbonyl (C=O) groups excluding carboxylic acids is 1. The van der Waals surface area contributed by atoms with Crippen molar-refractivity contribution in [2.24, 2.45) is 5.92 Å². The highest BCUT2D eigenvalue weighted by Gasteiger charge is 2.19. The summed E-state index contributed by atoms with van der Waals surface area (Å²) in [6, 6.07) is 16.3. The van der Waals surface area contributed by atoms with E-state index in [4.69, 9.17) is 4.74 Å². The Bertz CT molecular complexity index is 850. The minimum absolute atomic E-state index is 0.0283. The van der Waals surface area contributed by atoms with Crippen LogP contribution in [-0.2, 0) is 4.79 Å². The largest absolute Gasteiger partial charge is 0.497 e.